The predicted octanol–water partition coefficient (Wildman–Crippen LogP) is 3.11. The molecule has 0 saturated carbocycles. The summed E-state index contributed by atoms with van der Waals surface area (Å²) in [4.78, 5) is 0. The second kappa shape index (κ2) is 4.44. The molecular weight excluding hydrogens is 159 g/mol. The summed E-state index contributed by atoms with van der Waals surface area (Å²) < 4.78 is 0.299. The monoisotopic (exact) mass is 162 g/mol. The van der Waals surface area contributed by atoms with Gasteiger partial charge >= 0.3 is 0 Å². The third-order valence-electron chi connectivity index (χ3n) is 0.251. The number of halogens is 2. The molecule has 0 aliphatic rings. The Balaban J connectivity index is 2.75. The van der Waals surface area contributed by atoms with Crippen molar-refractivity contribution in [3.05, 3.63) is 0 Å². The zero-order valence-electron chi connectivity index (χ0n) is 3.15. The van der Waals surface area contributed by atoms with Crippen LogP contribution in [-0.2, 0) is 0 Å². The van der Waals surface area contributed by atoms with E-state index >= 15 is 0 Å². The summed E-state index contributed by atoms with van der Waals surface area (Å²) in [5, 5.41) is 0. The summed E-state index contributed by atoms with van der Waals surface area (Å²) in [6, 6.07) is 0. The largest absolute Gasteiger partial charge is 0.0777 e. The minimum Gasteiger partial charge on any atom is -0.0431 e. The van der Waals surface area contributed by atoms with Crippen LogP contribution in [0.4, 0.5) is 0 Å². The molecule has 6 heavy (non-hydrogen) atoms. The smallest absolute Gasteiger partial charge is 0.0431 e. The number of hydrogen-bond acceptors (Lipinski definition) is 2. The Morgan fingerprint density at radius 2 is 1.67 bits per heavy atom. The van der Waals surface area contributed by atoms with Crippen molar-refractivity contribution in [3.8, 4) is 0 Å². The summed E-state index contributed by atoms with van der Waals surface area (Å²) >= 11 is 0. The van der Waals surface area contributed by atoms with E-state index in [-0.39, 0.29) is 0 Å². The molecule has 0 radical (unpaired) electrons. The first-order chi connectivity index (χ1) is 2.81. The number of hydrogen-bond donors (Lipinski definition) is 0. The van der Waals surface area contributed by atoms with E-state index < -0.39 is 0 Å². The fraction of sp³-hybridized carbons (Fsp3) is 1.00. The molecule has 0 aliphatic carbocycles. The van der Waals surface area contributed by atoms with E-state index in [0.29, 0.717) is 4.58 Å². The van der Waals surface area contributed by atoms with Crippen LogP contribution in [0.3, 0.4) is 0 Å². The molecule has 0 saturated heterocycles. The van der Waals surface area contributed by atoms with Gasteiger partial charge in [0, 0.05) is 0 Å². The summed E-state index contributed by atoms with van der Waals surface area (Å²) in [6.07, 6.45) is 0. The molecule has 0 unspecified atom stereocenters. The summed E-state index contributed by atoms with van der Waals surface area (Å²) in [7, 11) is 13.0. The molecule has 4 heteroatoms. The van der Waals surface area contributed by atoms with Gasteiger partial charge in [-0.3, -0.25) is 0 Å². The van der Waals surface area contributed by atoms with Crippen LogP contribution in [0, 0.1) is 0 Å². The minimum absolute atomic E-state index is 0.299. The minimum atomic E-state index is 0.299. The highest BCUT2D eigenvalue weighted by atomic mass is 35.7. The van der Waals surface area contributed by atoms with E-state index in [1.165, 1.54) is 22.0 Å². The molecule has 0 heterocycles. The zero-order chi connectivity index (χ0) is 4.99. The standard InChI is InChI=1S/C2H4Cl2S2/c1-2(5-3)6-4/h2H,1H3. The van der Waals surface area contributed by atoms with Crippen LogP contribution in [0.5, 0.6) is 0 Å². The normalized spacial score (nSPS) is 10.0. The molecule has 0 atom stereocenters. The second-order valence-electron chi connectivity index (χ2n) is 0.746. The van der Waals surface area contributed by atoms with Crippen LogP contribution in [0.2, 0.25) is 0 Å². The predicted molar refractivity (Wildman–Crippen MR) is 36.4 cm³/mol. The van der Waals surface area contributed by atoms with Crippen molar-refractivity contribution < 1.29 is 0 Å². The van der Waals surface area contributed by atoms with Crippen molar-refractivity contribution in [3.63, 3.8) is 0 Å². The molecule has 0 nitrogen and oxygen atoms in total. The van der Waals surface area contributed by atoms with E-state index in [4.69, 9.17) is 21.4 Å². The van der Waals surface area contributed by atoms with Crippen LogP contribution >= 0.6 is 43.3 Å². The average Bonchev–Trinajstić information content (AvgIpc) is 1.65. The lowest BCUT2D eigenvalue weighted by molar-refractivity contribution is 1.45. The Morgan fingerprint density at radius 3 is 1.67 bits per heavy atom. The van der Waals surface area contributed by atoms with Gasteiger partial charge in [0.05, 0.1) is 4.58 Å². The molecule has 0 aromatic carbocycles. The van der Waals surface area contributed by atoms with Gasteiger partial charge in [0.2, 0.25) is 0 Å². The topological polar surface area (TPSA) is 0 Å². The van der Waals surface area contributed by atoms with Gasteiger partial charge in [-0.2, -0.15) is 0 Å². The molecule has 0 fully saturated rings. The highest BCUT2D eigenvalue weighted by Gasteiger charge is 1.94. The lowest BCUT2D eigenvalue weighted by atomic mass is 11.0. The molecule has 0 rings (SSSR count). The summed E-state index contributed by atoms with van der Waals surface area (Å²) in [5.41, 5.74) is 0. The van der Waals surface area contributed by atoms with Crippen molar-refractivity contribution in [2.45, 2.75) is 11.5 Å². The Labute approximate surface area is 55.0 Å². The first kappa shape index (κ1) is 7.28. The molecule has 0 N–H and O–H groups in total. The Kier molecular flexibility index (Phi) is 5.39. The van der Waals surface area contributed by atoms with Crippen LogP contribution in [0.1, 0.15) is 6.92 Å². The molecule has 0 amide bonds. The van der Waals surface area contributed by atoms with E-state index in [1.807, 2.05) is 6.92 Å². The number of rotatable bonds is 2. The van der Waals surface area contributed by atoms with Crippen LogP contribution in [0.25, 0.3) is 0 Å². The van der Waals surface area contributed by atoms with Gasteiger partial charge in [-0.05, 0) is 50.2 Å². The third-order valence-corrected chi connectivity index (χ3v) is 3.57. The summed E-state index contributed by atoms with van der Waals surface area (Å²) in [6.45, 7) is 1.94. The SMILES string of the molecule is CC(SCl)SCl. The molecule has 0 spiro atoms. The van der Waals surface area contributed by atoms with E-state index in [0.717, 1.165) is 0 Å². The van der Waals surface area contributed by atoms with Gasteiger partial charge in [-0.15, -0.1) is 0 Å². The maximum Gasteiger partial charge on any atom is 0.0777 e. The lowest BCUT2D eigenvalue weighted by Gasteiger charge is -1.93. The van der Waals surface area contributed by atoms with Crippen molar-refractivity contribution >= 4 is 43.3 Å². The Bertz CT molecular complexity index is 28.7. The zero-order valence-corrected chi connectivity index (χ0v) is 6.29. The van der Waals surface area contributed by atoms with Crippen LogP contribution < -0.4 is 0 Å². The first-order valence-electron chi connectivity index (χ1n) is 1.36. The molecule has 0 bridgehead atoms. The fourth-order valence-electron chi connectivity index (χ4n) is 0.0137. The maximum absolute atomic E-state index is 5.26. The van der Waals surface area contributed by atoms with Gasteiger partial charge in [-0.25, -0.2) is 0 Å². The molecule has 0 aromatic rings. The molecular formula is C2H4Cl2S2. The highest BCUT2D eigenvalue weighted by Crippen LogP contribution is 2.28. The Hall–Kier alpha value is 1.28. The van der Waals surface area contributed by atoms with Crippen molar-refractivity contribution in [2.24, 2.45) is 0 Å². The van der Waals surface area contributed by atoms with E-state index in [2.05, 4.69) is 0 Å². The first-order valence-corrected chi connectivity index (χ1v) is 4.77. The molecule has 38 valence electrons. The van der Waals surface area contributed by atoms with Crippen molar-refractivity contribution in [2.75, 3.05) is 0 Å². The average molecular weight is 163 g/mol. The van der Waals surface area contributed by atoms with Gasteiger partial charge in [-0.1, -0.05) is 0 Å². The summed E-state index contributed by atoms with van der Waals surface area (Å²) in [5.74, 6) is 0. The van der Waals surface area contributed by atoms with Gasteiger partial charge < -0.3 is 0 Å². The highest BCUT2D eigenvalue weighted by molar-refractivity contribution is 8.36. The third kappa shape index (κ3) is 3.47. The van der Waals surface area contributed by atoms with Gasteiger partial charge in [0.1, 0.15) is 0 Å². The van der Waals surface area contributed by atoms with Crippen LogP contribution in [-0.4, -0.2) is 4.58 Å². The quantitative estimate of drug-likeness (QED) is 0.573. The van der Waals surface area contributed by atoms with Gasteiger partial charge in [0.15, 0.2) is 0 Å². The van der Waals surface area contributed by atoms with Crippen molar-refractivity contribution in [1.29, 1.82) is 0 Å². The van der Waals surface area contributed by atoms with Crippen molar-refractivity contribution in [1.82, 2.24) is 0 Å². The van der Waals surface area contributed by atoms with E-state index in [9.17, 15) is 0 Å². The maximum atomic E-state index is 5.26. The molecule has 0 aromatic heterocycles. The molecule has 0 aliphatic heterocycles. The fourth-order valence-corrected chi connectivity index (χ4v) is 1.11. The van der Waals surface area contributed by atoms with E-state index in [1.54, 1.807) is 0 Å². The Morgan fingerprint density at radius 1 is 1.33 bits per heavy atom. The van der Waals surface area contributed by atoms with Crippen LogP contribution in [0.15, 0.2) is 0 Å². The van der Waals surface area contributed by atoms with Gasteiger partial charge in [0.25, 0.3) is 0 Å². The second-order valence-corrected chi connectivity index (χ2v) is 3.88. The lowest BCUT2D eigenvalue weighted by Crippen LogP contribution is -1.74.